The number of nitrogens with zero attached hydrogens (tertiary/aromatic N) is 1. The van der Waals surface area contributed by atoms with Crippen LogP contribution in [0.1, 0.15) is 16.1 Å². The first-order chi connectivity index (χ1) is 12.1. The Morgan fingerprint density at radius 1 is 1.08 bits per heavy atom. The molecule has 0 atom stereocenters. The molecule has 1 aromatic heterocycles. The second-order valence-electron chi connectivity index (χ2n) is 5.34. The molecular weight excluding hydrogens is 341 g/mol. The van der Waals surface area contributed by atoms with Gasteiger partial charge in [0.1, 0.15) is 11.5 Å². The molecule has 3 aromatic rings. The molecule has 0 fully saturated rings. The minimum absolute atomic E-state index is 0.246. The molecular formula is C19H15ClFN3O. The Morgan fingerprint density at radius 3 is 2.60 bits per heavy atom. The van der Waals surface area contributed by atoms with Gasteiger partial charge in [-0.2, -0.15) is 0 Å². The number of nitrogens with one attached hydrogen (secondary N) is 2. The molecule has 0 aliphatic heterocycles. The van der Waals surface area contributed by atoms with Crippen LogP contribution in [-0.4, -0.2) is 10.9 Å². The zero-order chi connectivity index (χ0) is 17.6. The number of anilines is 2. The number of hydrogen-bond donors (Lipinski definition) is 2. The van der Waals surface area contributed by atoms with Crippen LogP contribution in [0, 0.1) is 5.82 Å². The molecule has 0 unspecified atom stereocenters. The van der Waals surface area contributed by atoms with Gasteiger partial charge in [-0.15, -0.1) is 0 Å². The van der Waals surface area contributed by atoms with E-state index in [0.29, 0.717) is 22.9 Å². The first-order valence-corrected chi connectivity index (χ1v) is 8.00. The van der Waals surface area contributed by atoms with Crippen LogP contribution in [0.5, 0.6) is 0 Å². The minimum atomic E-state index is -0.368. The topological polar surface area (TPSA) is 54.0 Å². The lowest BCUT2D eigenvalue weighted by molar-refractivity contribution is 0.0946. The van der Waals surface area contributed by atoms with Crippen molar-refractivity contribution in [2.75, 3.05) is 5.32 Å². The SMILES string of the molecule is O=C(NCc1ccc(Cl)cc1)c1cc(Nc2ccccc2F)ccn1. The molecule has 0 bridgehead atoms. The third-order valence-electron chi connectivity index (χ3n) is 3.51. The number of para-hydroxylation sites is 1. The van der Waals surface area contributed by atoms with E-state index in [2.05, 4.69) is 15.6 Å². The maximum absolute atomic E-state index is 13.7. The van der Waals surface area contributed by atoms with E-state index >= 15 is 0 Å². The number of aromatic nitrogens is 1. The van der Waals surface area contributed by atoms with Crippen LogP contribution in [0.15, 0.2) is 66.9 Å². The molecule has 0 aliphatic carbocycles. The van der Waals surface area contributed by atoms with Gasteiger partial charge in [-0.3, -0.25) is 9.78 Å². The molecule has 0 radical (unpaired) electrons. The van der Waals surface area contributed by atoms with Crippen LogP contribution in [0.2, 0.25) is 5.02 Å². The van der Waals surface area contributed by atoms with Crippen molar-refractivity contribution in [3.05, 3.63) is 89.0 Å². The largest absolute Gasteiger partial charge is 0.353 e. The Balaban J connectivity index is 1.67. The molecule has 0 spiro atoms. The summed E-state index contributed by atoms with van der Waals surface area (Å²) in [4.78, 5) is 16.3. The van der Waals surface area contributed by atoms with E-state index in [1.165, 1.54) is 12.3 Å². The summed E-state index contributed by atoms with van der Waals surface area (Å²) in [5.41, 5.74) is 2.09. The third-order valence-corrected chi connectivity index (χ3v) is 3.76. The van der Waals surface area contributed by atoms with E-state index in [4.69, 9.17) is 11.6 Å². The maximum Gasteiger partial charge on any atom is 0.270 e. The average Bonchev–Trinajstić information content (AvgIpc) is 2.63. The molecule has 2 N–H and O–H groups in total. The molecule has 0 aliphatic rings. The van der Waals surface area contributed by atoms with Gasteiger partial charge in [0.15, 0.2) is 0 Å². The lowest BCUT2D eigenvalue weighted by Gasteiger charge is -2.09. The summed E-state index contributed by atoms with van der Waals surface area (Å²) < 4.78 is 13.7. The van der Waals surface area contributed by atoms with Crippen molar-refractivity contribution in [2.45, 2.75) is 6.54 Å². The van der Waals surface area contributed by atoms with Crippen LogP contribution < -0.4 is 10.6 Å². The van der Waals surface area contributed by atoms with Gasteiger partial charge < -0.3 is 10.6 Å². The monoisotopic (exact) mass is 355 g/mol. The molecule has 3 rings (SSSR count). The normalized spacial score (nSPS) is 10.3. The predicted molar refractivity (Wildman–Crippen MR) is 96.5 cm³/mol. The van der Waals surface area contributed by atoms with Gasteiger partial charge in [0.25, 0.3) is 5.91 Å². The Kier molecular flexibility index (Phi) is 5.26. The fraction of sp³-hybridized carbons (Fsp3) is 0.0526. The summed E-state index contributed by atoms with van der Waals surface area (Å²) in [7, 11) is 0. The average molecular weight is 356 g/mol. The van der Waals surface area contributed by atoms with E-state index in [1.54, 1.807) is 42.5 Å². The van der Waals surface area contributed by atoms with Crippen LogP contribution in [0.3, 0.4) is 0 Å². The number of hydrogen-bond acceptors (Lipinski definition) is 3. The van der Waals surface area contributed by atoms with Crippen molar-refractivity contribution >= 4 is 28.9 Å². The molecule has 0 saturated carbocycles. The van der Waals surface area contributed by atoms with Crippen molar-refractivity contribution < 1.29 is 9.18 Å². The van der Waals surface area contributed by atoms with Gasteiger partial charge >= 0.3 is 0 Å². The van der Waals surface area contributed by atoms with E-state index in [1.807, 2.05) is 12.1 Å². The quantitative estimate of drug-likeness (QED) is 0.706. The zero-order valence-corrected chi connectivity index (χ0v) is 13.9. The molecule has 1 amide bonds. The number of amides is 1. The van der Waals surface area contributed by atoms with Gasteiger partial charge in [-0.25, -0.2) is 4.39 Å². The number of benzene rings is 2. The molecule has 4 nitrogen and oxygen atoms in total. The van der Waals surface area contributed by atoms with Crippen molar-refractivity contribution in [3.8, 4) is 0 Å². The number of carbonyl (C=O) groups excluding carboxylic acids is 1. The summed E-state index contributed by atoms with van der Waals surface area (Å²) in [5.74, 6) is -0.680. The summed E-state index contributed by atoms with van der Waals surface area (Å²) >= 11 is 5.83. The summed E-state index contributed by atoms with van der Waals surface area (Å²) in [6, 6.07) is 16.8. The Labute approximate surface area is 149 Å². The number of carbonyl (C=O) groups is 1. The van der Waals surface area contributed by atoms with Crippen molar-refractivity contribution in [3.63, 3.8) is 0 Å². The van der Waals surface area contributed by atoms with E-state index in [-0.39, 0.29) is 17.4 Å². The van der Waals surface area contributed by atoms with Gasteiger partial charge in [-0.05, 0) is 42.0 Å². The van der Waals surface area contributed by atoms with E-state index in [0.717, 1.165) is 5.56 Å². The maximum atomic E-state index is 13.7. The molecule has 6 heteroatoms. The fourth-order valence-electron chi connectivity index (χ4n) is 2.23. The summed E-state index contributed by atoms with van der Waals surface area (Å²) in [5, 5.41) is 6.37. The van der Waals surface area contributed by atoms with Crippen LogP contribution in [0.25, 0.3) is 0 Å². The summed E-state index contributed by atoms with van der Waals surface area (Å²) in [6.45, 7) is 0.364. The second kappa shape index (κ2) is 7.77. The number of rotatable bonds is 5. The smallest absolute Gasteiger partial charge is 0.270 e. The lowest BCUT2D eigenvalue weighted by Crippen LogP contribution is -2.23. The van der Waals surface area contributed by atoms with Gasteiger partial charge in [0, 0.05) is 23.5 Å². The lowest BCUT2D eigenvalue weighted by atomic mass is 10.2. The highest BCUT2D eigenvalue weighted by Gasteiger charge is 2.09. The standard InChI is InChI=1S/C19H15ClFN3O/c20-14-7-5-13(6-8-14)12-23-19(25)18-11-15(9-10-22-18)24-17-4-2-1-3-16(17)21/h1-11H,12H2,(H,22,24)(H,23,25). The molecule has 1 heterocycles. The number of halogens is 2. The molecule has 2 aromatic carbocycles. The predicted octanol–water partition coefficient (Wildman–Crippen LogP) is 4.55. The Hall–Kier alpha value is -2.92. The minimum Gasteiger partial charge on any atom is -0.353 e. The second-order valence-corrected chi connectivity index (χ2v) is 5.78. The van der Waals surface area contributed by atoms with E-state index < -0.39 is 0 Å². The highest BCUT2D eigenvalue weighted by Crippen LogP contribution is 2.19. The molecule has 25 heavy (non-hydrogen) atoms. The van der Waals surface area contributed by atoms with Crippen LogP contribution in [0.4, 0.5) is 15.8 Å². The van der Waals surface area contributed by atoms with Gasteiger partial charge in [0.2, 0.25) is 0 Å². The highest BCUT2D eigenvalue weighted by molar-refractivity contribution is 6.30. The first-order valence-electron chi connectivity index (χ1n) is 7.62. The highest BCUT2D eigenvalue weighted by atomic mass is 35.5. The van der Waals surface area contributed by atoms with Gasteiger partial charge in [0.05, 0.1) is 5.69 Å². The zero-order valence-electron chi connectivity index (χ0n) is 13.2. The van der Waals surface area contributed by atoms with Crippen LogP contribution >= 0.6 is 11.6 Å². The summed E-state index contributed by atoms with van der Waals surface area (Å²) in [6.07, 6.45) is 1.50. The van der Waals surface area contributed by atoms with Crippen molar-refractivity contribution in [1.29, 1.82) is 0 Å². The third kappa shape index (κ3) is 4.55. The van der Waals surface area contributed by atoms with Crippen molar-refractivity contribution in [2.24, 2.45) is 0 Å². The first kappa shape index (κ1) is 16.9. The number of pyridine rings is 1. The Bertz CT molecular complexity index is 884. The Morgan fingerprint density at radius 2 is 1.84 bits per heavy atom. The molecule has 0 saturated heterocycles. The van der Waals surface area contributed by atoms with Gasteiger partial charge in [-0.1, -0.05) is 35.9 Å². The van der Waals surface area contributed by atoms with Crippen molar-refractivity contribution in [1.82, 2.24) is 10.3 Å². The van der Waals surface area contributed by atoms with Crippen LogP contribution in [-0.2, 0) is 6.54 Å². The molecule has 126 valence electrons. The van der Waals surface area contributed by atoms with E-state index in [9.17, 15) is 9.18 Å². The fourth-order valence-corrected chi connectivity index (χ4v) is 2.35.